The number of aryl methyl sites for hydroxylation is 1. The number of hydrogen-bond acceptors (Lipinski definition) is 5. The van der Waals surface area contributed by atoms with Crippen LogP contribution in [0.1, 0.15) is 17.4 Å². The van der Waals surface area contributed by atoms with E-state index in [2.05, 4.69) is 42.9 Å². The topological polar surface area (TPSA) is 51.1 Å². The number of benzene rings is 1. The second-order valence-corrected chi connectivity index (χ2v) is 7.20. The molecule has 1 atom stereocenters. The maximum Gasteiger partial charge on any atom is 0.161 e. The van der Waals surface area contributed by atoms with Crippen LogP contribution in [0.5, 0.6) is 0 Å². The van der Waals surface area contributed by atoms with Gasteiger partial charge in [-0.15, -0.1) is 0 Å². The number of morpholine rings is 1. The van der Waals surface area contributed by atoms with Crippen molar-refractivity contribution in [1.29, 1.82) is 0 Å². The fourth-order valence-electron chi connectivity index (χ4n) is 3.08. The number of aromatic nitrogens is 3. The first kappa shape index (κ1) is 17.1. The minimum Gasteiger partial charge on any atom is -0.370 e. The lowest BCUT2D eigenvalue weighted by atomic mass is 10.1. The highest BCUT2D eigenvalue weighted by atomic mass is 79.9. The molecular formula is C20H19BrN4O. The number of nitrogens with zero attached hydrogens (tertiary/aromatic N) is 4. The first-order valence-electron chi connectivity index (χ1n) is 8.57. The summed E-state index contributed by atoms with van der Waals surface area (Å²) in [6, 6.07) is 14.2. The van der Waals surface area contributed by atoms with E-state index in [0.29, 0.717) is 6.61 Å². The number of halogens is 1. The molecule has 0 aliphatic carbocycles. The third-order valence-electron chi connectivity index (χ3n) is 4.41. The lowest BCUT2D eigenvalue weighted by Crippen LogP contribution is -2.39. The fourth-order valence-corrected chi connectivity index (χ4v) is 3.34. The van der Waals surface area contributed by atoms with E-state index in [-0.39, 0.29) is 6.10 Å². The van der Waals surface area contributed by atoms with Gasteiger partial charge in [-0.2, -0.15) is 0 Å². The van der Waals surface area contributed by atoms with Gasteiger partial charge in [0, 0.05) is 47.3 Å². The van der Waals surface area contributed by atoms with Gasteiger partial charge in [0.2, 0.25) is 0 Å². The lowest BCUT2D eigenvalue weighted by Gasteiger charge is -2.34. The van der Waals surface area contributed by atoms with Gasteiger partial charge in [0.15, 0.2) is 5.82 Å². The Hall–Kier alpha value is -2.31. The molecule has 1 saturated heterocycles. The van der Waals surface area contributed by atoms with Gasteiger partial charge in [-0.3, -0.25) is 4.98 Å². The third kappa shape index (κ3) is 3.76. The Kier molecular flexibility index (Phi) is 4.95. The van der Waals surface area contributed by atoms with Crippen LogP contribution in [0.25, 0.3) is 11.4 Å². The van der Waals surface area contributed by atoms with Gasteiger partial charge in [-0.1, -0.05) is 28.1 Å². The van der Waals surface area contributed by atoms with Crippen molar-refractivity contribution in [2.24, 2.45) is 0 Å². The molecule has 132 valence electrons. The van der Waals surface area contributed by atoms with Gasteiger partial charge in [0.25, 0.3) is 0 Å². The minimum atomic E-state index is 0.0384. The Morgan fingerprint density at radius 3 is 2.62 bits per heavy atom. The Morgan fingerprint density at radius 2 is 1.85 bits per heavy atom. The van der Waals surface area contributed by atoms with Crippen LogP contribution >= 0.6 is 15.9 Å². The molecule has 2 aromatic heterocycles. The van der Waals surface area contributed by atoms with Crippen molar-refractivity contribution in [2.45, 2.75) is 13.0 Å². The van der Waals surface area contributed by atoms with Crippen molar-refractivity contribution in [2.75, 3.05) is 24.6 Å². The van der Waals surface area contributed by atoms with Gasteiger partial charge in [-0.25, -0.2) is 9.97 Å². The zero-order valence-corrected chi connectivity index (χ0v) is 16.1. The van der Waals surface area contributed by atoms with Crippen molar-refractivity contribution < 1.29 is 4.74 Å². The predicted molar refractivity (Wildman–Crippen MR) is 105 cm³/mol. The second-order valence-electron chi connectivity index (χ2n) is 6.28. The molecule has 3 heterocycles. The highest BCUT2D eigenvalue weighted by Crippen LogP contribution is 2.27. The summed E-state index contributed by atoms with van der Waals surface area (Å²) in [6.45, 7) is 4.27. The number of hydrogen-bond donors (Lipinski definition) is 0. The van der Waals surface area contributed by atoms with Crippen molar-refractivity contribution in [3.05, 3.63) is 70.6 Å². The predicted octanol–water partition coefficient (Wildman–Crippen LogP) is 4.19. The van der Waals surface area contributed by atoms with Crippen LogP contribution in [0.15, 0.2) is 59.3 Å². The molecule has 4 rings (SSSR count). The molecule has 1 aromatic carbocycles. The first-order valence-corrected chi connectivity index (χ1v) is 9.36. The largest absolute Gasteiger partial charge is 0.370 e. The van der Waals surface area contributed by atoms with Crippen LogP contribution in [-0.4, -0.2) is 34.6 Å². The summed E-state index contributed by atoms with van der Waals surface area (Å²) < 4.78 is 7.06. The molecule has 0 N–H and O–H groups in total. The molecule has 1 fully saturated rings. The quantitative estimate of drug-likeness (QED) is 0.647. The van der Waals surface area contributed by atoms with Crippen LogP contribution in [0, 0.1) is 6.92 Å². The van der Waals surface area contributed by atoms with Crippen LogP contribution in [-0.2, 0) is 4.74 Å². The summed E-state index contributed by atoms with van der Waals surface area (Å²) in [5, 5.41) is 0. The SMILES string of the molecule is Cc1cc(N2CCO[C@H](c3ccc(Br)cc3)C2)nc(-c2ccncc2)n1. The van der Waals surface area contributed by atoms with Crippen LogP contribution in [0.3, 0.4) is 0 Å². The highest BCUT2D eigenvalue weighted by Gasteiger charge is 2.23. The molecule has 6 heteroatoms. The molecule has 1 aliphatic heterocycles. The maximum atomic E-state index is 5.99. The monoisotopic (exact) mass is 410 g/mol. The summed E-state index contributed by atoms with van der Waals surface area (Å²) >= 11 is 3.48. The maximum absolute atomic E-state index is 5.99. The van der Waals surface area contributed by atoms with Gasteiger partial charge in [0.05, 0.1) is 6.61 Å². The fraction of sp³-hybridized carbons (Fsp3) is 0.250. The van der Waals surface area contributed by atoms with Crippen LogP contribution in [0.4, 0.5) is 5.82 Å². The first-order chi connectivity index (χ1) is 12.7. The molecule has 3 aromatic rings. The van der Waals surface area contributed by atoms with E-state index < -0.39 is 0 Å². The van der Waals surface area contributed by atoms with Gasteiger partial charge >= 0.3 is 0 Å². The Labute approximate surface area is 161 Å². The number of anilines is 1. The number of pyridine rings is 1. The van der Waals surface area contributed by atoms with E-state index in [1.165, 1.54) is 5.56 Å². The zero-order chi connectivity index (χ0) is 17.9. The summed E-state index contributed by atoms with van der Waals surface area (Å²) in [6.07, 6.45) is 3.56. The van der Waals surface area contributed by atoms with Gasteiger partial charge in [0.1, 0.15) is 11.9 Å². The van der Waals surface area contributed by atoms with Crippen molar-refractivity contribution in [3.8, 4) is 11.4 Å². The van der Waals surface area contributed by atoms with E-state index in [4.69, 9.17) is 9.72 Å². The average molecular weight is 411 g/mol. The molecule has 0 bridgehead atoms. The standard InChI is InChI=1S/C20H19BrN4O/c1-14-12-19(24-20(23-14)16-6-8-22-9-7-16)25-10-11-26-18(13-25)15-2-4-17(21)5-3-15/h2-9,12,18H,10-11,13H2,1H3/t18-/m0/s1. The Bertz CT molecular complexity index is 886. The molecule has 1 aliphatic rings. The van der Waals surface area contributed by atoms with Crippen LogP contribution in [0.2, 0.25) is 0 Å². The number of ether oxygens (including phenoxy) is 1. The van der Waals surface area contributed by atoms with Gasteiger partial charge < -0.3 is 9.64 Å². The highest BCUT2D eigenvalue weighted by molar-refractivity contribution is 9.10. The van der Waals surface area contributed by atoms with E-state index in [0.717, 1.165) is 40.5 Å². The molecule has 0 amide bonds. The zero-order valence-electron chi connectivity index (χ0n) is 14.5. The lowest BCUT2D eigenvalue weighted by molar-refractivity contribution is 0.0395. The molecule has 5 nitrogen and oxygen atoms in total. The summed E-state index contributed by atoms with van der Waals surface area (Å²) in [5.41, 5.74) is 3.11. The molecule has 0 unspecified atom stereocenters. The van der Waals surface area contributed by atoms with Crippen molar-refractivity contribution >= 4 is 21.7 Å². The molecule has 0 spiro atoms. The molecular weight excluding hydrogens is 392 g/mol. The molecule has 26 heavy (non-hydrogen) atoms. The van der Waals surface area contributed by atoms with Crippen molar-refractivity contribution in [3.63, 3.8) is 0 Å². The normalized spacial score (nSPS) is 17.3. The number of rotatable bonds is 3. The van der Waals surface area contributed by atoms with Crippen molar-refractivity contribution in [1.82, 2.24) is 15.0 Å². The summed E-state index contributed by atoms with van der Waals surface area (Å²) in [7, 11) is 0. The summed E-state index contributed by atoms with van der Waals surface area (Å²) in [5.74, 6) is 1.67. The minimum absolute atomic E-state index is 0.0384. The van der Waals surface area contributed by atoms with Crippen LogP contribution < -0.4 is 4.90 Å². The van der Waals surface area contributed by atoms with E-state index in [9.17, 15) is 0 Å². The van der Waals surface area contributed by atoms with E-state index in [1.807, 2.05) is 37.3 Å². The molecule has 0 saturated carbocycles. The average Bonchev–Trinajstić information content (AvgIpc) is 2.69. The second kappa shape index (κ2) is 7.51. The summed E-state index contributed by atoms with van der Waals surface area (Å²) in [4.78, 5) is 15.7. The Morgan fingerprint density at radius 1 is 1.08 bits per heavy atom. The van der Waals surface area contributed by atoms with Gasteiger partial charge in [-0.05, 0) is 36.8 Å². The van der Waals surface area contributed by atoms with E-state index in [1.54, 1.807) is 12.4 Å². The smallest absolute Gasteiger partial charge is 0.161 e. The molecule has 0 radical (unpaired) electrons. The third-order valence-corrected chi connectivity index (χ3v) is 4.94. The Balaban J connectivity index is 1.60. The van der Waals surface area contributed by atoms with E-state index >= 15 is 0 Å².